The first-order chi connectivity index (χ1) is 14.5. The van der Waals surface area contributed by atoms with Gasteiger partial charge in [0.05, 0.1) is 41.7 Å². The van der Waals surface area contributed by atoms with E-state index in [-0.39, 0.29) is 18.0 Å². The Balaban J connectivity index is 1.68. The van der Waals surface area contributed by atoms with Crippen LogP contribution in [0.1, 0.15) is 50.3 Å². The summed E-state index contributed by atoms with van der Waals surface area (Å²) >= 11 is 12.8. The zero-order chi connectivity index (χ0) is 21.3. The Kier molecular flexibility index (Phi) is 6.20. The first-order valence-electron chi connectivity index (χ1n) is 10.3. The summed E-state index contributed by atoms with van der Waals surface area (Å²) in [5.41, 5.74) is 8.78. The minimum Gasteiger partial charge on any atom is -0.493 e. The molecule has 2 aromatic rings. The number of fused-ring (bicyclic) bond motifs is 1. The number of rotatable bonds is 6. The predicted molar refractivity (Wildman–Crippen MR) is 118 cm³/mol. The average Bonchev–Trinajstić information content (AvgIpc) is 3.08. The molecule has 1 aromatic carbocycles. The number of urea groups is 1. The molecule has 4 rings (SSSR count). The lowest BCUT2D eigenvalue weighted by Gasteiger charge is -2.28. The van der Waals surface area contributed by atoms with Crippen LogP contribution in [0.15, 0.2) is 12.1 Å². The van der Waals surface area contributed by atoms with Crippen molar-refractivity contribution in [3.8, 4) is 17.0 Å². The molecule has 0 radical (unpaired) electrons. The van der Waals surface area contributed by atoms with Gasteiger partial charge in [0.15, 0.2) is 0 Å². The van der Waals surface area contributed by atoms with Crippen molar-refractivity contribution in [3.05, 3.63) is 33.4 Å². The number of benzene rings is 1. The maximum Gasteiger partial charge on any atom is 0.318 e. The van der Waals surface area contributed by atoms with Crippen molar-refractivity contribution in [2.75, 3.05) is 12.3 Å². The second-order valence-corrected chi connectivity index (χ2v) is 8.60. The highest BCUT2D eigenvalue weighted by Crippen LogP contribution is 2.42. The van der Waals surface area contributed by atoms with Crippen molar-refractivity contribution in [3.63, 3.8) is 0 Å². The first kappa shape index (κ1) is 21.0. The lowest BCUT2D eigenvalue weighted by atomic mass is 9.93. The molecule has 7 nitrogen and oxygen atoms in total. The molecular weight excluding hydrogens is 425 g/mol. The van der Waals surface area contributed by atoms with Crippen molar-refractivity contribution >= 4 is 35.2 Å². The molecule has 1 saturated carbocycles. The van der Waals surface area contributed by atoms with Crippen LogP contribution < -0.4 is 15.8 Å². The molecule has 3 N–H and O–H groups in total. The van der Waals surface area contributed by atoms with Gasteiger partial charge in [-0.3, -0.25) is 0 Å². The molecule has 2 heterocycles. The second kappa shape index (κ2) is 8.86. The van der Waals surface area contributed by atoms with Gasteiger partial charge >= 0.3 is 6.03 Å². The molecule has 0 saturated heterocycles. The number of unbranched alkanes of at least 4 members (excludes halogenated alkanes) is 1. The lowest BCUT2D eigenvalue weighted by molar-refractivity contribution is 0.186. The van der Waals surface area contributed by atoms with Gasteiger partial charge in [-0.25, -0.2) is 14.8 Å². The second-order valence-electron chi connectivity index (χ2n) is 7.75. The fourth-order valence-electron chi connectivity index (χ4n) is 3.66. The van der Waals surface area contributed by atoms with E-state index in [4.69, 9.17) is 33.7 Å². The Morgan fingerprint density at radius 3 is 2.80 bits per heavy atom. The highest BCUT2D eigenvalue weighted by Gasteiger charge is 2.32. The molecule has 2 aliphatic rings. The molecule has 160 valence electrons. The average molecular weight is 450 g/mol. The maximum atomic E-state index is 12.7. The first-order valence-corrected chi connectivity index (χ1v) is 11.0. The van der Waals surface area contributed by atoms with Gasteiger partial charge in [0.25, 0.3) is 0 Å². The number of nitrogen functional groups attached to an aromatic ring is 1. The van der Waals surface area contributed by atoms with E-state index < -0.39 is 0 Å². The lowest BCUT2D eigenvalue weighted by Crippen LogP contribution is -2.45. The number of nitrogens with two attached hydrogens (primary N) is 1. The predicted octanol–water partition coefficient (Wildman–Crippen LogP) is 4.79. The summed E-state index contributed by atoms with van der Waals surface area (Å²) in [4.78, 5) is 23.2. The molecule has 1 aliphatic heterocycles. The molecule has 1 aliphatic carbocycles. The van der Waals surface area contributed by atoms with Gasteiger partial charge in [0, 0.05) is 16.6 Å². The minimum atomic E-state index is -0.0937. The topological polar surface area (TPSA) is 93.4 Å². The van der Waals surface area contributed by atoms with Gasteiger partial charge in [0.1, 0.15) is 5.75 Å². The number of nitrogens with one attached hydrogen (secondary N) is 1. The minimum absolute atomic E-state index is 0.0937. The summed E-state index contributed by atoms with van der Waals surface area (Å²) < 4.78 is 5.98. The molecule has 0 bridgehead atoms. The Bertz CT molecular complexity index is 965. The number of carbonyl (C=O) groups excluding carboxylic acids is 1. The van der Waals surface area contributed by atoms with Crippen LogP contribution in [-0.2, 0) is 13.1 Å². The molecule has 1 fully saturated rings. The maximum absolute atomic E-state index is 12.7. The smallest absolute Gasteiger partial charge is 0.318 e. The van der Waals surface area contributed by atoms with E-state index in [0.717, 1.165) is 43.4 Å². The SMILES string of the molecule is CCCCOc1cc(Cl)cc(Cl)c1-c1nc(N)nc2c1CN(C(=O)NC1CCC1)C2. The zero-order valence-corrected chi connectivity index (χ0v) is 18.4. The van der Waals surface area contributed by atoms with Crippen LogP contribution in [0, 0.1) is 0 Å². The van der Waals surface area contributed by atoms with E-state index >= 15 is 0 Å². The van der Waals surface area contributed by atoms with Crippen molar-refractivity contribution in [1.82, 2.24) is 20.2 Å². The van der Waals surface area contributed by atoms with E-state index in [1.54, 1.807) is 17.0 Å². The van der Waals surface area contributed by atoms with Crippen LogP contribution in [0.4, 0.5) is 10.7 Å². The number of hydrogen-bond donors (Lipinski definition) is 2. The summed E-state index contributed by atoms with van der Waals surface area (Å²) in [7, 11) is 0. The number of anilines is 1. The third-order valence-corrected chi connectivity index (χ3v) is 6.05. The molecule has 30 heavy (non-hydrogen) atoms. The summed E-state index contributed by atoms with van der Waals surface area (Å²) in [5.74, 6) is 0.689. The van der Waals surface area contributed by atoms with Crippen LogP contribution in [0.5, 0.6) is 5.75 Å². The van der Waals surface area contributed by atoms with Crippen LogP contribution in [-0.4, -0.2) is 33.5 Å². The van der Waals surface area contributed by atoms with E-state index in [1.165, 1.54) is 0 Å². The molecule has 2 amide bonds. The van der Waals surface area contributed by atoms with Crippen LogP contribution in [0.3, 0.4) is 0 Å². The monoisotopic (exact) mass is 449 g/mol. The molecule has 9 heteroatoms. The number of aromatic nitrogens is 2. The van der Waals surface area contributed by atoms with E-state index in [9.17, 15) is 4.79 Å². The standard InChI is InChI=1S/C21H25Cl2N5O2/c1-2-3-7-30-17-9-12(22)8-15(23)18(17)19-14-10-28(11-16(14)26-20(24)27-19)21(29)25-13-5-4-6-13/h8-9,13H,2-7,10-11H2,1H3,(H,25,29)(H2,24,26,27). The number of hydrogen-bond acceptors (Lipinski definition) is 5. The number of nitrogens with zero attached hydrogens (tertiary/aromatic N) is 3. The Hall–Kier alpha value is -2.25. The summed E-state index contributed by atoms with van der Waals surface area (Å²) in [6.45, 7) is 3.40. The molecular formula is C21H25Cl2N5O2. The van der Waals surface area contributed by atoms with Crippen molar-refractivity contribution in [2.24, 2.45) is 0 Å². The number of amides is 2. The van der Waals surface area contributed by atoms with Crippen LogP contribution in [0.25, 0.3) is 11.3 Å². The van der Waals surface area contributed by atoms with E-state index in [2.05, 4.69) is 22.2 Å². The third kappa shape index (κ3) is 4.27. The van der Waals surface area contributed by atoms with E-state index in [1.807, 2.05) is 0 Å². The fraction of sp³-hybridized carbons (Fsp3) is 0.476. The van der Waals surface area contributed by atoms with Crippen molar-refractivity contribution in [2.45, 2.75) is 58.2 Å². The van der Waals surface area contributed by atoms with Gasteiger partial charge < -0.3 is 20.7 Å². The van der Waals surface area contributed by atoms with Gasteiger partial charge in [-0.15, -0.1) is 0 Å². The van der Waals surface area contributed by atoms with Gasteiger partial charge in [-0.1, -0.05) is 36.5 Å². The summed E-state index contributed by atoms with van der Waals surface area (Å²) in [6, 6.07) is 3.57. The van der Waals surface area contributed by atoms with Crippen molar-refractivity contribution < 1.29 is 9.53 Å². The van der Waals surface area contributed by atoms with Gasteiger partial charge in [0.2, 0.25) is 5.95 Å². The quantitative estimate of drug-likeness (QED) is 0.618. The van der Waals surface area contributed by atoms with Crippen LogP contribution in [0.2, 0.25) is 10.0 Å². The number of halogens is 2. The van der Waals surface area contributed by atoms with Crippen LogP contribution >= 0.6 is 23.2 Å². The third-order valence-electron chi connectivity index (χ3n) is 5.53. The molecule has 0 spiro atoms. The Labute approximate surface area is 185 Å². The normalized spacial score (nSPS) is 15.6. The number of ether oxygens (including phenoxy) is 1. The Morgan fingerprint density at radius 1 is 1.30 bits per heavy atom. The highest BCUT2D eigenvalue weighted by atomic mass is 35.5. The van der Waals surface area contributed by atoms with Gasteiger partial charge in [-0.2, -0.15) is 0 Å². The molecule has 0 atom stereocenters. The molecule has 0 unspecified atom stereocenters. The molecule has 1 aromatic heterocycles. The van der Waals surface area contributed by atoms with Gasteiger partial charge in [-0.05, 0) is 37.8 Å². The zero-order valence-electron chi connectivity index (χ0n) is 16.9. The summed E-state index contributed by atoms with van der Waals surface area (Å²) in [6.07, 6.45) is 5.13. The summed E-state index contributed by atoms with van der Waals surface area (Å²) in [5, 5.41) is 3.98. The highest BCUT2D eigenvalue weighted by molar-refractivity contribution is 6.37. The van der Waals surface area contributed by atoms with Crippen molar-refractivity contribution in [1.29, 1.82) is 0 Å². The fourth-order valence-corrected chi connectivity index (χ4v) is 4.23. The number of carbonyl (C=O) groups is 1. The largest absolute Gasteiger partial charge is 0.493 e. The Morgan fingerprint density at radius 2 is 2.10 bits per heavy atom. The van der Waals surface area contributed by atoms with E-state index in [0.29, 0.717) is 46.7 Å².